The number of likely N-dealkylation sites (tertiary alicyclic amines) is 1. The Bertz CT molecular complexity index is 822. The molecule has 1 aliphatic rings. The standard InChI is InChI=1S/C19H26N6/c1-3-7-24-8-6-14(20-2)9-19(24)17-11-21-18-5-4-15(10-16(17)18)25-12-22-23-13-25/h4-5,10-14,19-21H,3,6-9H2,1-2H3. The fraction of sp³-hybridized carbons (Fsp3) is 0.474. The molecule has 6 nitrogen and oxygen atoms in total. The lowest BCUT2D eigenvalue weighted by atomic mass is 9.91. The summed E-state index contributed by atoms with van der Waals surface area (Å²) >= 11 is 0. The molecule has 3 aromatic rings. The second-order valence-corrected chi connectivity index (χ2v) is 6.90. The molecule has 2 unspecified atom stereocenters. The molecule has 0 radical (unpaired) electrons. The summed E-state index contributed by atoms with van der Waals surface area (Å²) in [5, 5.41) is 12.6. The molecule has 2 N–H and O–H groups in total. The van der Waals surface area contributed by atoms with Crippen LogP contribution in [0, 0.1) is 0 Å². The maximum atomic E-state index is 3.92. The van der Waals surface area contributed by atoms with Crippen LogP contribution in [0.4, 0.5) is 0 Å². The van der Waals surface area contributed by atoms with Crippen LogP contribution in [-0.2, 0) is 0 Å². The highest BCUT2D eigenvalue weighted by atomic mass is 15.2. The smallest absolute Gasteiger partial charge is 0.123 e. The fourth-order valence-corrected chi connectivity index (χ4v) is 4.06. The largest absolute Gasteiger partial charge is 0.361 e. The molecule has 3 heterocycles. The van der Waals surface area contributed by atoms with Crippen molar-refractivity contribution in [2.75, 3.05) is 20.1 Å². The molecule has 0 spiro atoms. The zero-order valence-electron chi connectivity index (χ0n) is 14.9. The lowest BCUT2D eigenvalue weighted by molar-refractivity contribution is 0.128. The minimum absolute atomic E-state index is 0.455. The number of hydrogen-bond acceptors (Lipinski definition) is 4. The Kier molecular flexibility index (Phi) is 4.55. The van der Waals surface area contributed by atoms with E-state index >= 15 is 0 Å². The second kappa shape index (κ2) is 6.98. The number of rotatable bonds is 5. The van der Waals surface area contributed by atoms with Gasteiger partial charge in [0.15, 0.2) is 0 Å². The first kappa shape index (κ1) is 16.3. The summed E-state index contributed by atoms with van der Waals surface area (Å²) in [5.74, 6) is 0. The van der Waals surface area contributed by atoms with Crippen LogP contribution in [0.3, 0.4) is 0 Å². The quantitative estimate of drug-likeness (QED) is 0.751. The van der Waals surface area contributed by atoms with Gasteiger partial charge in [0.1, 0.15) is 12.7 Å². The van der Waals surface area contributed by atoms with Crippen molar-refractivity contribution in [2.45, 2.75) is 38.3 Å². The maximum absolute atomic E-state index is 3.92. The second-order valence-electron chi connectivity index (χ2n) is 6.90. The predicted octanol–water partition coefficient (Wildman–Crippen LogP) is 2.88. The van der Waals surface area contributed by atoms with Gasteiger partial charge in [-0.05, 0) is 56.6 Å². The van der Waals surface area contributed by atoms with E-state index in [1.807, 2.05) is 4.57 Å². The first-order valence-corrected chi connectivity index (χ1v) is 9.17. The molecule has 1 aliphatic heterocycles. The van der Waals surface area contributed by atoms with E-state index in [-0.39, 0.29) is 0 Å². The molecule has 0 amide bonds. The van der Waals surface area contributed by atoms with Crippen molar-refractivity contribution >= 4 is 10.9 Å². The number of fused-ring (bicyclic) bond motifs is 1. The van der Waals surface area contributed by atoms with Crippen LogP contribution in [-0.4, -0.2) is 50.8 Å². The van der Waals surface area contributed by atoms with Crippen LogP contribution in [0.5, 0.6) is 0 Å². The summed E-state index contributed by atoms with van der Waals surface area (Å²) in [4.78, 5) is 6.11. The zero-order chi connectivity index (χ0) is 17.2. The Labute approximate surface area is 148 Å². The van der Waals surface area contributed by atoms with Crippen molar-refractivity contribution in [3.63, 3.8) is 0 Å². The maximum Gasteiger partial charge on any atom is 0.123 e. The summed E-state index contributed by atoms with van der Waals surface area (Å²) in [6.45, 7) is 4.57. The number of nitrogens with zero attached hydrogens (tertiary/aromatic N) is 4. The molecule has 0 aliphatic carbocycles. The third-order valence-corrected chi connectivity index (χ3v) is 5.41. The van der Waals surface area contributed by atoms with E-state index in [0.717, 1.165) is 25.2 Å². The Balaban J connectivity index is 1.74. The van der Waals surface area contributed by atoms with E-state index < -0.39 is 0 Å². The molecule has 132 valence electrons. The molecule has 4 rings (SSSR count). The number of piperidine rings is 1. The molecule has 0 saturated carbocycles. The molecule has 6 heteroatoms. The van der Waals surface area contributed by atoms with Crippen molar-refractivity contribution in [2.24, 2.45) is 0 Å². The summed E-state index contributed by atoms with van der Waals surface area (Å²) in [5.41, 5.74) is 3.69. The number of benzene rings is 1. The number of H-pyrrole nitrogens is 1. The van der Waals surface area contributed by atoms with Crippen molar-refractivity contribution in [3.05, 3.63) is 42.6 Å². The van der Waals surface area contributed by atoms with Gasteiger partial charge in [0.05, 0.1) is 0 Å². The molecule has 25 heavy (non-hydrogen) atoms. The number of hydrogen-bond donors (Lipinski definition) is 2. The van der Waals surface area contributed by atoms with Gasteiger partial charge in [0.2, 0.25) is 0 Å². The van der Waals surface area contributed by atoms with Gasteiger partial charge in [0, 0.05) is 41.4 Å². The zero-order valence-corrected chi connectivity index (χ0v) is 14.9. The fourth-order valence-electron chi connectivity index (χ4n) is 4.06. The average molecular weight is 338 g/mol. The molecule has 1 saturated heterocycles. The minimum Gasteiger partial charge on any atom is -0.361 e. The molecule has 0 bridgehead atoms. The van der Waals surface area contributed by atoms with Crippen molar-refractivity contribution < 1.29 is 0 Å². The summed E-state index contributed by atoms with van der Waals surface area (Å²) in [6, 6.07) is 7.54. The molecule has 2 aromatic heterocycles. The van der Waals surface area contributed by atoms with Crippen LogP contribution in [0.25, 0.3) is 16.6 Å². The SMILES string of the molecule is CCCN1CCC(NC)CC1c1c[nH]c2ccc(-n3cnnc3)cc12. The lowest BCUT2D eigenvalue weighted by Gasteiger charge is -2.39. The Hall–Kier alpha value is -2.18. The van der Waals surface area contributed by atoms with E-state index in [9.17, 15) is 0 Å². The molecular weight excluding hydrogens is 312 g/mol. The van der Waals surface area contributed by atoms with Gasteiger partial charge in [-0.1, -0.05) is 6.92 Å². The van der Waals surface area contributed by atoms with Gasteiger partial charge in [-0.2, -0.15) is 0 Å². The molecule has 2 atom stereocenters. The number of nitrogens with one attached hydrogen (secondary N) is 2. The van der Waals surface area contributed by atoms with Gasteiger partial charge in [-0.3, -0.25) is 9.47 Å². The third kappa shape index (κ3) is 3.07. The third-order valence-electron chi connectivity index (χ3n) is 5.41. The van der Waals surface area contributed by atoms with Crippen molar-refractivity contribution in [1.29, 1.82) is 0 Å². The monoisotopic (exact) mass is 338 g/mol. The van der Waals surface area contributed by atoms with Gasteiger partial charge < -0.3 is 10.3 Å². The Morgan fingerprint density at radius 2 is 2.12 bits per heavy atom. The molecule has 1 fully saturated rings. The van der Waals surface area contributed by atoms with E-state index in [1.54, 1.807) is 12.7 Å². The summed E-state index contributed by atoms with van der Waals surface area (Å²) < 4.78 is 1.96. The van der Waals surface area contributed by atoms with Crippen molar-refractivity contribution in [3.8, 4) is 5.69 Å². The number of aromatic nitrogens is 4. The van der Waals surface area contributed by atoms with E-state index in [0.29, 0.717) is 12.1 Å². The highest BCUT2D eigenvalue weighted by Crippen LogP contribution is 2.36. The average Bonchev–Trinajstić information content (AvgIpc) is 3.31. The van der Waals surface area contributed by atoms with Crippen molar-refractivity contribution in [1.82, 2.24) is 30.0 Å². The number of aromatic amines is 1. The van der Waals surface area contributed by atoms with Crippen LogP contribution in [0.15, 0.2) is 37.1 Å². The highest BCUT2D eigenvalue weighted by Gasteiger charge is 2.30. The van der Waals surface area contributed by atoms with Crippen LogP contribution < -0.4 is 5.32 Å². The first-order chi connectivity index (χ1) is 12.3. The van der Waals surface area contributed by atoms with E-state index in [2.05, 4.69) is 63.8 Å². The van der Waals surface area contributed by atoms with Crippen LogP contribution in [0.2, 0.25) is 0 Å². The first-order valence-electron chi connectivity index (χ1n) is 9.17. The summed E-state index contributed by atoms with van der Waals surface area (Å²) in [7, 11) is 2.08. The highest BCUT2D eigenvalue weighted by molar-refractivity contribution is 5.85. The normalized spacial score (nSPS) is 21.8. The summed E-state index contributed by atoms with van der Waals surface area (Å²) in [6.07, 6.45) is 9.26. The lowest BCUT2D eigenvalue weighted by Crippen LogP contribution is -2.43. The van der Waals surface area contributed by atoms with Gasteiger partial charge in [-0.15, -0.1) is 10.2 Å². The van der Waals surface area contributed by atoms with Crippen LogP contribution in [0.1, 0.15) is 37.8 Å². The topological polar surface area (TPSA) is 61.8 Å². The predicted molar refractivity (Wildman–Crippen MR) is 99.9 cm³/mol. The minimum atomic E-state index is 0.455. The van der Waals surface area contributed by atoms with E-state index in [4.69, 9.17) is 0 Å². The Morgan fingerprint density at radius 3 is 2.88 bits per heavy atom. The Morgan fingerprint density at radius 1 is 1.28 bits per heavy atom. The molecular formula is C19H26N6. The van der Waals surface area contributed by atoms with Crippen LogP contribution >= 0.6 is 0 Å². The molecule has 1 aromatic carbocycles. The van der Waals surface area contributed by atoms with Gasteiger partial charge in [0.25, 0.3) is 0 Å². The van der Waals surface area contributed by atoms with E-state index in [1.165, 1.54) is 29.3 Å². The van der Waals surface area contributed by atoms with Gasteiger partial charge >= 0.3 is 0 Å². The van der Waals surface area contributed by atoms with Gasteiger partial charge in [-0.25, -0.2) is 0 Å².